The Morgan fingerprint density at radius 1 is 1.17 bits per heavy atom. The SMILES string of the molecule is CC(C)(C)OC(=O)N[C@@H](CCCCC/C=C\C1(C)C[C@@H]1C(O)O)C(=O)N1CC2(CC2)CC1(C)C(N)=O. The molecule has 3 fully saturated rings. The molecule has 0 aromatic rings. The van der Waals surface area contributed by atoms with Gasteiger partial charge in [0.15, 0.2) is 6.29 Å². The van der Waals surface area contributed by atoms with Crippen LogP contribution in [0.1, 0.15) is 92.4 Å². The highest BCUT2D eigenvalue weighted by Crippen LogP contribution is 2.58. The van der Waals surface area contributed by atoms with E-state index in [4.69, 9.17) is 10.5 Å². The van der Waals surface area contributed by atoms with Crippen LogP contribution < -0.4 is 11.1 Å². The normalized spacial score (nSPS) is 29.6. The zero-order chi connectivity index (χ0) is 26.9. The quantitative estimate of drug-likeness (QED) is 0.192. The number of ether oxygens (including phenoxy) is 1. The van der Waals surface area contributed by atoms with Gasteiger partial charge in [0, 0.05) is 12.5 Å². The minimum atomic E-state index is -1.27. The van der Waals surface area contributed by atoms with Crippen molar-refractivity contribution in [2.75, 3.05) is 6.54 Å². The molecule has 4 atom stereocenters. The lowest BCUT2D eigenvalue weighted by molar-refractivity contribution is -0.144. The van der Waals surface area contributed by atoms with Crippen LogP contribution in [0.2, 0.25) is 0 Å². The van der Waals surface area contributed by atoms with Crippen molar-refractivity contribution in [1.82, 2.24) is 10.2 Å². The number of carbonyl (C=O) groups is 3. The van der Waals surface area contributed by atoms with Crippen LogP contribution in [-0.2, 0) is 14.3 Å². The maximum atomic E-state index is 13.6. The Bertz CT molecular complexity index is 877. The van der Waals surface area contributed by atoms with E-state index in [1.807, 2.05) is 6.92 Å². The summed E-state index contributed by atoms with van der Waals surface area (Å²) in [6.45, 7) is 9.55. The van der Waals surface area contributed by atoms with Gasteiger partial charge in [0.05, 0.1) is 0 Å². The summed E-state index contributed by atoms with van der Waals surface area (Å²) in [4.78, 5) is 40.1. The molecule has 0 bridgehead atoms. The van der Waals surface area contributed by atoms with E-state index < -0.39 is 35.5 Å². The molecule has 2 saturated carbocycles. The average molecular weight is 508 g/mol. The molecule has 0 aromatic carbocycles. The molecule has 3 amide bonds. The lowest BCUT2D eigenvalue weighted by Gasteiger charge is -2.35. The highest BCUT2D eigenvalue weighted by atomic mass is 16.6. The Labute approximate surface area is 214 Å². The third kappa shape index (κ3) is 6.79. The molecule has 1 spiro atoms. The van der Waals surface area contributed by atoms with Crippen molar-refractivity contribution in [2.45, 2.75) is 116 Å². The summed E-state index contributed by atoms with van der Waals surface area (Å²) in [5.41, 5.74) is 3.84. The number of unbranched alkanes of at least 4 members (excludes halogenated alkanes) is 3. The van der Waals surface area contributed by atoms with Crippen LogP contribution in [0.5, 0.6) is 0 Å². The molecule has 1 saturated heterocycles. The van der Waals surface area contributed by atoms with Crippen molar-refractivity contribution in [3.63, 3.8) is 0 Å². The van der Waals surface area contributed by atoms with Crippen LogP contribution in [0.4, 0.5) is 4.79 Å². The van der Waals surface area contributed by atoms with Crippen LogP contribution in [-0.4, -0.2) is 63.0 Å². The summed E-state index contributed by atoms with van der Waals surface area (Å²) in [7, 11) is 0. The number of aliphatic hydroxyl groups excluding tert-OH is 1. The van der Waals surface area contributed by atoms with E-state index in [9.17, 15) is 24.6 Å². The highest BCUT2D eigenvalue weighted by Gasteiger charge is 2.61. The van der Waals surface area contributed by atoms with E-state index in [1.54, 1.807) is 32.6 Å². The Kier molecular flexibility index (Phi) is 8.16. The standard InChI is InChI=1S/C27H45N3O6/c1-24(2,3)36-23(35)29-19(11-9-7-6-8-10-12-25(4)15-18(25)21(32)33)20(31)30-17-27(13-14-27)16-26(30,5)22(28)34/h10,12,18-19,21,32-33H,6-9,11,13-17H2,1-5H3,(H2,28,34)(H,29,35)/b12-10-/t18-,19+,25?,26?/m1/s1. The van der Waals surface area contributed by atoms with Gasteiger partial charge in [0.2, 0.25) is 11.8 Å². The third-order valence-corrected chi connectivity index (χ3v) is 8.12. The molecule has 0 radical (unpaired) electrons. The minimum absolute atomic E-state index is 0.0223. The van der Waals surface area contributed by atoms with Crippen molar-refractivity contribution < 1.29 is 29.3 Å². The van der Waals surface area contributed by atoms with E-state index in [0.717, 1.165) is 44.9 Å². The third-order valence-electron chi connectivity index (χ3n) is 8.12. The number of hydrogen-bond acceptors (Lipinski definition) is 6. The molecule has 3 aliphatic rings. The fourth-order valence-corrected chi connectivity index (χ4v) is 5.53. The summed E-state index contributed by atoms with van der Waals surface area (Å²) < 4.78 is 5.40. The highest BCUT2D eigenvalue weighted by molar-refractivity contribution is 5.94. The second kappa shape index (κ2) is 10.3. The summed E-state index contributed by atoms with van der Waals surface area (Å²) in [5, 5.41) is 21.4. The fourth-order valence-electron chi connectivity index (χ4n) is 5.53. The molecular formula is C27H45N3O6. The van der Waals surface area contributed by atoms with Crippen LogP contribution in [0, 0.1) is 16.7 Å². The number of primary amides is 1. The Hall–Kier alpha value is -2.13. The lowest BCUT2D eigenvalue weighted by atomic mass is 9.91. The second-order valence-corrected chi connectivity index (χ2v) is 12.7. The van der Waals surface area contributed by atoms with Crippen molar-refractivity contribution in [3.8, 4) is 0 Å². The van der Waals surface area contributed by atoms with E-state index >= 15 is 0 Å². The smallest absolute Gasteiger partial charge is 0.408 e. The molecule has 1 aliphatic heterocycles. The lowest BCUT2D eigenvalue weighted by Crippen LogP contribution is -2.59. The number of allylic oxidation sites excluding steroid dienone is 2. The molecule has 0 aromatic heterocycles. The molecule has 2 aliphatic carbocycles. The summed E-state index contributed by atoms with van der Waals surface area (Å²) in [6, 6.07) is -0.792. The van der Waals surface area contributed by atoms with Gasteiger partial charge in [0.1, 0.15) is 17.2 Å². The summed E-state index contributed by atoms with van der Waals surface area (Å²) in [6.07, 6.45) is 9.35. The van der Waals surface area contributed by atoms with Gasteiger partial charge in [-0.25, -0.2) is 4.79 Å². The molecule has 9 heteroatoms. The van der Waals surface area contributed by atoms with E-state index in [2.05, 4.69) is 17.5 Å². The van der Waals surface area contributed by atoms with Gasteiger partial charge in [-0.15, -0.1) is 0 Å². The number of alkyl carbamates (subject to hydrolysis) is 1. The molecule has 3 rings (SSSR count). The van der Waals surface area contributed by atoms with Gasteiger partial charge in [0.25, 0.3) is 0 Å². The number of carbonyl (C=O) groups excluding carboxylic acids is 3. The number of amides is 3. The molecule has 204 valence electrons. The minimum Gasteiger partial charge on any atom is -0.444 e. The van der Waals surface area contributed by atoms with E-state index in [0.29, 0.717) is 19.4 Å². The first-order chi connectivity index (χ1) is 16.6. The number of rotatable bonds is 11. The van der Waals surface area contributed by atoms with E-state index in [-0.39, 0.29) is 22.7 Å². The van der Waals surface area contributed by atoms with Crippen LogP contribution in [0.3, 0.4) is 0 Å². The number of nitrogens with two attached hydrogens (primary N) is 1. The van der Waals surface area contributed by atoms with Crippen molar-refractivity contribution >= 4 is 17.9 Å². The zero-order valence-corrected chi connectivity index (χ0v) is 22.5. The van der Waals surface area contributed by atoms with E-state index in [1.165, 1.54) is 0 Å². The Morgan fingerprint density at radius 3 is 2.36 bits per heavy atom. The Balaban J connectivity index is 1.56. The number of nitrogens with zero attached hydrogens (tertiary/aromatic N) is 1. The first-order valence-electron chi connectivity index (χ1n) is 13.3. The van der Waals surface area contributed by atoms with Gasteiger partial charge >= 0.3 is 6.09 Å². The topological polar surface area (TPSA) is 142 Å². The monoisotopic (exact) mass is 507 g/mol. The predicted octanol–water partition coefficient (Wildman–Crippen LogP) is 2.98. The van der Waals surface area contributed by atoms with Gasteiger partial charge in [-0.05, 0) is 83.5 Å². The summed E-state index contributed by atoms with van der Waals surface area (Å²) in [5.74, 6) is -0.880. The molecular weight excluding hydrogens is 462 g/mol. The van der Waals surface area contributed by atoms with Crippen LogP contribution in [0.25, 0.3) is 0 Å². The average Bonchev–Trinajstić information content (AvgIpc) is 3.62. The van der Waals surface area contributed by atoms with Crippen molar-refractivity contribution in [1.29, 1.82) is 0 Å². The fraction of sp³-hybridized carbons (Fsp3) is 0.815. The number of aliphatic hydroxyl groups is 2. The Morgan fingerprint density at radius 2 is 1.83 bits per heavy atom. The van der Waals surface area contributed by atoms with Gasteiger partial charge < -0.3 is 30.9 Å². The van der Waals surface area contributed by atoms with Crippen molar-refractivity contribution in [3.05, 3.63) is 12.2 Å². The maximum Gasteiger partial charge on any atom is 0.408 e. The van der Waals surface area contributed by atoms with Gasteiger partial charge in [-0.3, -0.25) is 9.59 Å². The largest absolute Gasteiger partial charge is 0.444 e. The molecule has 36 heavy (non-hydrogen) atoms. The number of hydrogen-bond donors (Lipinski definition) is 4. The van der Waals surface area contributed by atoms with Crippen LogP contribution >= 0.6 is 0 Å². The molecule has 2 unspecified atom stereocenters. The second-order valence-electron chi connectivity index (χ2n) is 12.7. The first kappa shape index (κ1) is 28.4. The summed E-state index contributed by atoms with van der Waals surface area (Å²) >= 11 is 0. The van der Waals surface area contributed by atoms with Crippen molar-refractivity contribution in [2.24, 2.45) is 22.5 Å². The number of likely N-dealkylation sites (tertiary alicyclic amines) is 1. The number of nitrogens with one attached hydrogen (secondary N) is 1. The maximum absolute atomic E-state index is 13.6. The predicted molar refractivity (Wildman–Crippen MR) is 135 cm³/mol. The first-order valence-corrected chi connectivity index (χ1v) is 13.3. The molecule has 5 N–H and O–H groups in total. The van der Waals surface area contributed by atoms with Crippen LogP contribution in [0.15, 0.2) is 12.2 Å². The zero-order valence-electron chi connectivity index (χ0n) is 22.5. The molecule has 9 nitrogen and oxygen atoms in total. The van der Waals surface area contributed by atoms with Gasteiger partial charge in [-0.2, -0.15) is 0 Å². The molecule has 1 heterocycles. The van der Waals surface area contributed by atoms with Gasteiger partial charge in [-0.1, -0.05) is 31.9 Å².